The quantitative estimate of drug-likeness (QED) is 0.940. The van der Waals surface area contributed by atoms with E-state index < -0.39 is 0 Å². The van der Waals surface area contributed by atoms with Gasteiger partial charge >= 0.3 is 0 Å². The van der Waals surface area contributed by atoms with Crippen LogP contribution in [0.4, 0.5) is 4.39 Å². The first kappa shape index (κ1) is 15.7. The third-order valence-electron chi connectivity index (χ3n) is 4.56. The topological polar surface area (TPSA) is 42.0 Å². The van der Waals surface area contributed by atoms with Crippen molar-refractivity contribution in [2.24, 2.45) is 0 Å². The second-order valence-corrected chi connectivity index (χ2v) is 6.08. The SMILES string of the molecule is CCC(=O)NC1CCc2cc(F)ccc2C1Cc1cccnc1. The van der Waals surface area contributed by atoms with Crippen molar-refractivity contribution in [3.63, 3.8) is 0 Å². The Morgan fingerprint density at radius 2 is 2.26 bits per heavy atom. The van der Waals surface area contributed by atoms with Crippen LogP contribution in [-0.2, 0) is 17.6 Å². The van der Waals surface area contributed by atoms with E-state index in [2.05, 4.69) is 10.3 Å². The van der Waals surface area contributed by atoms with Gasteiger partial charge in [-0.1, -0.05) is 19.1 Å². The first-order valence-electron chi connectivity index (χ1n) is 8.14. The van der Waals surface area contributed by atoms with E-state index in [0.717, 1.165) is 36.0 Å². The van der Waals surface area contributed by atoms with Crippen LogP contribution in [0.15, 0.2) is 42.7 Å². The fourth-order valence-corrected chi connectivity index (χ4v) is 3.39. The van der Waals surface area contributed by atoms with Gasteiger partial charge < -0.3 is 5.32 Å². The zero-order valence-corrected chi connectivity index (χ0v) is 13.3. The van der Waals surface area contributed by atoms with Gasteiger partial charge in [0.25, 0.3) is 0 Å². The molecule has 2 unspecified atom stereocenters. The number of benzene rings is 1. The molecule has 0 aliphatic heterocycles. The van der Waals surface area contributed by atoms with Crippen molar-refractivity contribution >= 4 is 5.91 Å². The van der Waals surface area contributed by atoms with Crippen LogP contribution in [0.5, 0.6) is 0 Å². The van der Waals surface area contributed by atoms with Gasteiger partial charge in [0, 0.05) is 30.8 Å². The molecular weight excluding hydrogens is 291 g/mol. The third kappa shape index (κ3) is 3.58. The lowest BCUT2D eigenvalue weighted by molar-refractivity contribution is -0.121. The average Bonchev–Trinajstić information content (AvgIpc) is 2.57. The third-order valence-corrected chi connectivity index (χ3v) is 4.56. The molecule has 1 N–H and O–H groups in total. The lowest BCUT2D eigenvalue weighted by atomic mass is 9.76. The highest BCUT2D eigenvalue weighted by atomic mass is 19.1. The van der Waals surface area contributed by atoms with Crippen LogP contribution in [0.2, 0.25) is 0 Å². The molecule has 1 aliphatic carbocycles. The highest BCUT2D eigenvalue weighted by molar-refractivity contribution is 5.76. The van der Waals surface area contributed by atoms with E-state index in [4.69, 9.17) is 0 Å². The number of hydrogen-bond donors (Lipinski definition) is 1. The summed E-state index contributed by atoms with van der Waals surface area (Å²) in [5, 5.41) is 3.14. The minimum absolute atomic E-state index is 0.0664. The van der Waals surface area contributed by atoms with Gasteiger partial charge in [-0.3, -0.25) is 9.78 Å². The number of carbonyl (C=O) groups is 1. The zero-order valence-electron chi connectivity index (χ0n) is 13.3. The molecule has 0 saturated heterocycles. The van der Waals surface area contributed by atoms with Gasteiger partial charge in [-0.25, -0.2) is 4.39 Å². The summed E-state index contributed by atoms with van der Waals surface area (Å²) in [6.45, 7) is 1.86. The van der Waals surface area contributed by atoms with Gasteiger partial charge in [0.2, 0.25) is 5.91 Å². The number of carbonyl (C=O) groups excluding carboxylic acids is 1. The Bertz CT molecular complexity index is 687. The summed E-state index contributed by atoms with van der Waals surface area (Å²) in [5.74, 6) is 0.0238. The summed E-state index contributed by atoms with van der Waals surface area (Å²) < 4.78 is 13.5. The van der Waals surface area contributed by atoms with Gasteiger partial charge in [0.15, 0.2) is 0 Å². The molecule has 4 heteroatoms. The second kappa shape index (κ2) is 6.90. The molecule has 1 aromatic heterocycles. The molecule has 1 heterocycles. The Hall–Kier alpha value is -2.23. The lowest BCUT2D eigenvalue weighted by Crippen LogP contribution is -2.42. The molecule has 0 fully saturated rings. The number of aromatic nitrogens is 1. The summed E-state index contributed by atoms with van der Waals surface area (Å²) in [5.41, 5.74) is 3.33. The highest BCUT2D eigenvalue weighted by Gasteiger charge is 2.30. The van der Waals surface area contributed by atoms with Crippen molar-refractivity contribution in [2.75, 3.05) is 0 Å². The Morgan fingerprint density at radius 1 is 1.39 bits per heavy atom. The first-order chi connectivity index (χ1) is 11.2. The molecule has 23 heavy (non-hydrogen) atoms. The lowest BCUT2D eigenvalue weighted by Gasteiger charge is -2.34. The first-order valence-corrected chi connectivity index (χ1v) is 8.14. The normalized spacial score (nSPS) is 19.9. The summed E-state index contributed by atoms with van der Waals surface area (Å²) in [4.78, 5) is 16.0. The Morgan fingerprint density at radius 3 is 3.00 bits per heavy atom. The van der Waals surface area contributed by atoms with Crippen LogP contribution in [0.3, 0.4) is 0 Å². The number of nitrogens with one attached hydrogen (secondary N) is 1. The van der Waals surface area contributed by atoms with Gasteiger partial charge in [0.1, 0.15) is 5.82 Å². The summed E-state index contributed by atoms with van der Waals surface area (Å²) >= 11 is 0. The van der Waals surface area contributed by atoms with Crippen molar-refractivity contribution in [3.05, 3.63) is 65.2 Å². The molecule has 120 valence electrons. The van der Waals surface area contributed by atoms with Crippen LogP contribution in [-0.4, -0.2) is 16.9 Å². The molecule has 0 radical (unpaired) electrons. The van der Waals surface area contributed by atoms with Crippen molar-refractivity contribution in [2.45, 2.75) is 44.6 Å². The van der Waals surface area contributed by atoms with Crippen LogP contribution in [0, 0.1) is 5.82 Å². The number of hydrogen-bond acceptors (Lipinski definition) is 2. The van der Waals surface area contributed by atoms with E-state index in [0.29, 0.717) is 6.42 Å². The molecule has 0 spiro atoms. The van der Waals surface area contributed by atoms with E-state index in [1.807, 2.05) is 31.3 Å². The maximum Gasteiger partial charge on any atom is 0.219 e. The molecule has 0 saturated carbocycles. The van der Waals surface area contributed by atoms with Crippen molar-refractivity contribution in [1.29, 1.82) is 0 Å². The van der Waals surface area contributed by atoms with Crippen LogP contribution < -0.4 is 5.32 Å². The molecule has 1 aromatic carbocycles. The number of amides is 1. The van der Waals surface area contributed by atoms with Crippen molar-refractivity contribution in [3.8, 4) is 0 Å². The van der Waals surface area contributed by atoms with E-state index in [1.54, 1.807) is 12.3 Å². The fourth-order valence-electron chi connectivity index (χ4n) is 3.39. The van der Waals surface area contributed by atoms with Crippen LogP contribution in [0.1, 0.15) is 42.4 Å². The van der Waals surface area contributed by atoms with Gasteiger partial charge in [0.05, 0.1) is 0 Å². The monoisotopic (exact) mass is 312 g/mol. The number of aryl methyl sites for hydroxylation is 1. The largest absolute Gasteiger partial charge is 0.353 e. The smallest absolute Gasteiger partial charge is 0.219 e. The highest BCUT2D eigenvalue weighted by Crippen LogP contribution is 2.35. The summed E-state index contributed by atoms with van der Waals surface area (Å²) in [6.07, 6.45) is 6.52. The van der Waals surface area contributed by atoms with E-state index in [9.17, 15) is 9.18 Å². The molecule has 0 bridgehead atoms. The Balaban J connectivity index is 1.92. The minimum Gasteiger partial charge on any atom is -0.353 e. The predicted molar refractivity (Wildman–Crippen MR) is 87.6 cm³/mol. The molecule has 2 aromatic rings. The van der Waals surface area contributed by atoms with Gasteiger partial charge in [-0.05, 0) is 54.2 Å². The molecule has 3 nitrogen and oxygen atoms in total. The van der Waals surface area contributed by atoms with Gasteiger partial charge in [-0.2, -0.15) is 0 Å². The Kier molecular flexibility index (Phi) is 4.70. The molecule has 1 aliphatic rings. The predicted octanol–water partition coefficient (Wildman–Crippen LogP) is 3.39. The standard InChI is InChI=1S/C19H21FN2O/c1-2-19(23)22-18-8-5-14-11-15(20)6-7-16(14)17(18)10-13-4-3-9-21-12-13/h3-4,6-7,9,11-12,17-18H,2,5,8,10H2,1H3,(H,22,23). The Labute approximate surface area is 135 Å². The maximum absolute atomic E-state index is 13.5. The van der Waals surface area contributed by atoms with Crippen LogP contribution in [0.25, 0.3) is 0 Å². The number of pyridine rings is 1. The van der Waals surface area contributed by atoms with E-state index in [1.165, 1.54) is 6.07 Å². The number of halogens is 1. The average molecular weight is 312 g/mol. The molecular formula is C19H21FN2O. The molecule has 3 rings (SSSR count). The number of rotatable bonds is 4. The zero-order chi connectivity index (χ0) is 16.2. The molecule has 2 atom stereocenters. The number of nitrogens with zero attached hydrogens (tertiary/aromatic N) is 1. The van der Waals surface area contributed by atoms with E-state index >= 15 is 0 Å². The van der Waals surface area contributed by atoms with Crippen molar-refractivity contribution in [1.82, 2.24) is 10.3 Å². The van der Waals surface area contributed by atoms with Gasteiger partial charge in [-0.15, -0.1) is 0 Å². The van der Waals surface area contributed by atoms with Crippen molar-refractivity contribution < 1.29 is 9.18 Å². The summed E-state index contributed by atoms with van der Waals surface area (Å²) in [7, 11) is 0. The minimum atomic E-state index is -0.195. The fraction of sp³-hybridized carbons (Fsp3) is 0.368. The summed E-state index contributed by atoms with van der Waals surface area (Å²) in [6, 6.07) is 9.06. The van der Waals surface area contributed by atoms with Crippen LogP contribution >= 0.6 is 0 Å². The maximum atomic E-state index is 13.5. The molecule has 1 amide bonds. The number of fused-ring (bicyclic) bond motifs is 1. The van der Waals surface area contributed by atoms with E-state index in [-0.39, 0.29) is 23.7 Å². The second-order valence-electron chi connectivity index (χ2n) is 6.08.